The smallest absolute Gasteiger partial charge is 0.328 e. The van der Waals surface area contributed by atoms with Crippen LogP contribution >= 0.6 is 0 Å². The molecule has 2 aromatic carbocycles. The van der Waals surface area contributed by atoms with Crippen LogP contribution in [0.4, 0.5) is 0 Å². The highest BCUT2D eigenvalue weighted by Gasteiger charge is 2.05. The van der Waals surface area contributed by atoms with Crippen LogP contribution in [-0.4, -0.2) is 28.0 Å². The molecule has 0 fully saturated rings. The largest absolute Gasteiger partial charge is 0.457 e. The minimum Gasteiger partial charge on any atom is -0.457 e. The highest BCUT2D eigenvalue weighted by atomic mass is 16.5. The van der Waals surface area contributed by atoms with Crippen molar-refractivity contribution in [2.75, 3.05) is 13.6 Å². The number of ether oxygens (including phenoxy) is 1. The first-order valence-corrected chi connectivity index (χ1v) is 9.32. The Hall–Kier alpha value is -3.12. The third-order valence-corrected chi connectivity index (χ3v) is 4.46. The zero-order valence-corrected chi connectivity index (χ0v) is 16.2. The van der Waals surface area contributed by atoms with Crippen molar-refractivity contribution in [3.8, 4) is 11.5 Å². The molecule has 28 heavy (non-hydrogen) atoms. The van der Waals surface area contributed by atoms with Gasteiger partial charge in [0, 0.05) is 24.8 Å². The van der Waals surface area contributed by atoms with Gasteiger partial charge in [-0.15, -0.1) is 0 Å². The lowest BCUT2D eigenvalue weighted by molar-refractivity contribution is 0.312. The molecule has 1 heterocycles. The van der Waals surface area contributed by atoms with Gasteiger partial charge in [-0.1, -0.05) is 30.3 Å². The van der Waals surface area contributed by atoms with Crippen molar-refractivity contribution in [3.05, 3.63) is 92.8 Å². The van der Waals surface area contributed by atoms with E-state index in [-0.39, 0.29) is 11.2 Å². The van der Waals surface area contributed by atoms with Crippen LogP contribution in [0.5, 0.6) is 11.5 Å². The third kappa shape index (κ3) is 5.44. The Labute approximate surface area is 164 Å². The number of aromatic nitrogens is 2. The third-order valence-electron chi connectivity index (χ3n) is 4.46. The summed E-state index contributed by atoms with van der Waals surface area (Å²) in [6.45, 7) is 3.88. The van der Waals surface area contributed by atoms with Crippen molar-refractivity contribution in [1.29, 1.82) is 0 Å². The van der Waals surface area contributed by atoms with Crippen LogP contribution in [0, 0.1) is 6.92 Å². The van der Waals surface area contributed by atoms with Gasteiger partial charge >= 0.3 is 5.69 Å². The van der Waals surface area contributed by atoms with E-state index in [4.69, 9.17) is 4.74 Å². The van der Waals surface area contributed by atoms with E-state index in [1.807, 2.05) is 55.6 Å². The fourth-order valence-corrected chi connectivity index (χ4v) is 3.02. The Morgan fingerprint density at radius 2 is 1.79 bits per heavy atom. The Kier molecular flexibility index (Phi) is 6.45. The maximum absolute atomic E-state index is 11.8. The van der Waals surface area contributed by atoms with E-state index in [1.165, 1.54) is 0 Å². The monoisotopic (exact) mass is 379 g/mol. The molecule has 1 aromatic heterocycles. The number of aryl methyl sites for hydroxylation is 2. The van der Waals surface area contributed by atoms with Gasteiger partial charge in [0.1, 0.15) is 11.5 Å². The number of para-hydroxylation sites is 1. The fourth-order valence-electron chi connectivity index (χ4n) is 3.02. The molecule has 0 aliphatic carbocycles. The van der Waals surface area contributed by atoms with Crippen LogP contribution in [0.15, 0.2) is 70.4 Å². The van der Waals surface area contributed by atoms with Gasteiger partial charge in [-0.05, 0) is 56.8 Å². The zero-order valence-electron chi connectivity index (χ0n) is 16.2. The van der Waals surface area contributed by atoms with Crippen LogP contribution < -0.4 is 16.0 Å². The molecule has 0 amide bonds. The van der Waals surface area contributed by atoms with E-state index in [0.29, 0.717) is 12.1 Å². The Bertz CT molecular complexity index is 1020. The summed E-state index contributed by atoms with van der Waals surface area (Å²) >= 11 is 0. The van der Waals surface area contributed by atoms with Crippen LogP contribution in [0.3, 0.4) is 0 Å². The second-order valence-electron chi connectivity index (χ2n) is 6.92. The van der Waals surface area contributed by atoms with Gasteiger partial charge in [0.25, 0.3) is 5.56 Å². The summed E-state index contributed by atoms with van der Waals surface area (Å²) in [5.74, 6) is 1.63. The van der Waals surface area contributed by atoms with Gasteiger partial charge < -0.3 is 14.2 Å². The van der Waals surface area contributed by atoms with E-state index in [0.717, 1.165) is 36.6 Å². The van der Waals surface area contributed by atoms with E-state index < -0.39 is 0 Å². The molecule has 0 aliphatic rings. The molecule has 1 N–H and O–H groups in total. The van der Waals surface area contributed by atoms with Gasteiger partial charge in [-0.3, -0.25) is 9.78 Å². The van der Waals surface area contributed by atoms with Crippen molar-refractivity contribution in [2.24, 2.45) is 0 Å². The number of H-pyrrole nitrogens is 1. The molecule has 3 aromatic rings. The quantitative estimate of drug-likeness (QED) is 0.653. The number of nitrogens with one attached hydrogen (secondary N) is 1. The molecule has 0 atom stereocenters. The molecule has 0 radical (unpaired) electrons. The van der Waals surface area contributed by atoms with Gasteiger partial charge in [-0.2, -0.15) is 0 Å². The molecule has 146 valence electrons. The fraction of sp³-hybridized carbons (Fsp3) is 0.273. The van der Waals surface area contributed by atoms with E-state index >= 15 is 0 Å². The van der Waals surface area contributed by atoms with Gasteiger partial charge in [0.15, 0.2) is 0 Å². The summed E-state index contributed by atoms with van der Waals surface area (Å²) in [5.41, 5.74) is 1.02. The second-order valence-corrected chi connectivity index (χ2v) is 6.92. The number of nitrogens with zero attached hydrogens (tertiary/aromatic N) is 2. The van der Waals surface area contributed by atoms with Crippen molar-refractivity contribution >= 4 is 0 Å². The van der Waals surface area contributed by atoms with Crippen molar-refractivity contribution in [3.63, 3.8) is 0 Å². The van der Waals surface area contributed by atoms with Crippen LogP contribution in [0.25, 0.3) is 0 Å². The van der Waals surface area contributed by atoms with Crippen LogP contribution in [0.2, 0.25) is 0 Å². The minimum atomic E-state index is -0.357. The van der Waals surface area contributed by atoms with E-state index in [9.17, 15) is 9.59 Å². The number of rotatable bonds is 8. The maximum Gasteiger partial charge on any atom is 0.328 e. The lowest BCUT2D eigenvalue weighted by Gasteiger charge is -2.17. The molecule has 0 unspecified atom stereocenters. The van der Waals surface area contributed by atoms with Crippen molar-refractivity contribution in [1.82, 2.24) is 14.5 Å². The van der Waals surface area contributed by atoms with Gasteiger partial charge in [0.2, 0.25) is 0 Å². The molecule has 0 saturated carbocycles. The summed E-state index contributed by atoms with van der Waals surface area (Å²) in [5, 5.41) is 0. The summed E-state index contributed by atoms with van der Waals surface area (Å²) in [7, 11) is 2.05. The first-order valence-electron chi connectivity index (χ1n) is 9.32. The molecular weight excluding hydrogens is 354 g/mol. The van der Waals surface area contributed by atoms with E-state index in [2.05, 4.69) is 16.0 Å². The van der Waals surface area contributed by atoms with Gasteiger partial charge in [-0.25, -0.2) is 4.79 Å². The standard InChI is InChI=1S/C22H25N3O3/c1-17-15-25(22(27)23-21(17)26)13-7-12-24(2)16-18-8-6-11-20(14-18)28-19-9-4-3-5-10-19/h3-6,8-11,14-15H,7,12-13,16H2,1-2H3,(H,23,26,27). The average molecular weight is 379 g/mol. The first kappa shape index (κ1) is 19.6. The number of benzene rings is 2. The Morgan fingerprint density at radius 3 is 2.57 bits per heavy atom. The predicted octanol–water partition coefficient (Wildman–Crippen LogP) is 3.16. The second kappa shape index (κ2) is 9.19. The first-order chi connectivity index (χ1) is 13.5. The normalized spacial score (nSPS) is 11.0. The number of hydrogen-bond donors (Lipinski definition) is 1. The highest BCUT2D eigenvalue weighted by molar-refractivity contribution is 5.33. The van der Waals surface area contributed by atoms with Gasteiger partial charge in [0.05, 0.1) is 0 Å². The Morgan fingerprint density at radius 1 is 1.04 bits per heavy atom. The van der Waals surface area contributed by atoms with Crippen molar-refractivity contribution < 1.29 is 4.74 Å². The highest BCUT2D eigenvalue weighted by Crippen LogP contribution is 2.22. The predicted molar refractivity (Wildman–Crippen MR) is 110 cm³/mol. The SMILES string of the molecule is Cc1cn(CCCN(C)Cc2cccc(Oc3ccccc3)c2)c(=O)[nH]c1=O. The van der Waals surface area contributed by atoms with Crippen molar-refractivity contribution in [2.45, 2.75) is 26.4 Å². The summed E-state index contributed by atoms with van der Waals surface area (Å²) in [6, 6.07) is 17.8. The van der Waals surface area contributed by atoms with Crippen LogP contribution in [-0.2, 0) is 13.1 Å². The topological polar surface area (TPSA) is 67.3 Å². The summed E-state index contributed by atoms with van der Waals surface area (Å²) < 4.78 is 7.44. The summed E-state index contributed by atoms with van der Waals surface area (Å²) in [6.07, 6.45) is 2.42. The Balaban J connectivity index is 1.53. The lowest BCUT2D eigenvalue weighted by Crippen LogP contribution is -2.31. The maximum atomic E-state index is 11.8. The lowest BCUT2D eigenvalue weighted by atomic mass is 10.2. The average Bonchev–Trinajstić information content (AvgIpc) is 2.67. The van der Waals surface area contributed by atoms with Crippen LogP contribution in [0.1, 0.15) is 17.5 Å². The summed E-state index contributed by atoms with van der Waals surface area (Å²) in [4.78, 5) is 27.8. The minimum absolute atomic E-state index is 0.323. The van der Waals surface area contributed by atoms with E-state index in [1.54, 1.807) is 17.7 Å². The molecule has 0 bridgehead atoms. The molecule has 6 nitrogen and oxygen atoms in total. The number of aromatic amines is 1. The molecule has 3 rings (SSSR count). The molecule has 0 aliphatic heterocycles. The molecule has 6 heteroatoms. The number of hydrogen-bond acceptors (Lipinski definition) is 4. The molecule has 0 saturated heterocycles. The molecular formula is C22H25N3O3. The zero-order chi connectivity index (χ0) is 19.9. The molecule has 0 spiro atoms.